The molecule has 122 valence electrons. The van der Waals surface area contributed by atoms with E-state index in [1.165, 1.54) is 6.26 Å². The highest BCUT2D eigenvalue weighted by molar-refractivity contribution is 7.10. The van der Waals surface area contributed by atoms with E-state index in [4.69, 9.17) is 4.42 Å². The summed E-state index contributed by atoms with van der Waals surface area (Å²) in [6, 6.07) is 7.43. The van der Waals surface area contributed by atoms with Crippen molar-refractivity contribution < 1.29 is 14.0 Å². The molecule has 6 heteroatoms. The summed E-state index contributed by atoms with van der Waals surface area (Å²) in [5.74, 6) is 0.314. The number of carbonyl (C=O) groups excluding carboxylic acids is 2. The predicted molar refractivity (Wildman–Crippen MR) is 88.2 cm³/mol. The summed E-state index contributed by atoms with van der Waals surface area (Å²) in [5, 5.41) is 5.08. The lowest BCUT2D eigenvalue weighted by Crippen LogP contribution is -2.43. The number of nitrogens with one attached hydrogen (secondary N) is 1. The Kier molecular flexibility index (Phi) is 4.81. The lowest BCUT2D eigenvalue weighted by Gasteiger charge is -2.31. The van der Waals surface area contributed by atoms with E-state index in [-0.39, 0.29) is 23.8 Å². The summed E-state index contributed by atoms with van der Waals surface area (Å²) in [4.78, 5) is 27.5. The van der Waals surface area contributed by atoms with Gasteiger partial charge in [0.1, 0.15) is 0 Å². The molecule has 0 bridgehead atoms. The van der Waals surface area contributed by atoms with E-state index in [1.54, 1.807) is 28.4 Å². The maximum atomic E-state index is 12.4. The quantitative estimate of drug-likeness (QED) is 0.936. The zero-order valence-electron chi connectivity index (χ0n) is 13.0. The van der Waals surface area contributed by atoms with Gasteiger partial charge in [-0.15, -0.1) is 11.3 Å². The van der Waals surface area contributed by atoms with Crippen LogP contribution >= 0.6 is 11.3 Å². The molecule has 0 aromatic carbocycles. The molecule has 3 rings (SSSR count). The van der Waals surface area contributed by atoms with Gasteiger partial charge < -0.3 is 14.6 Å². The zero-order valence-corrected chi connectivity index (χ0v) is 13.8. The van der Waals surface area contributed by atoms with E-state index in [1.807, 2.05) is 24.4 Å². The van der Waals surface area contributed by atoms with E-state index >= 15 is 0 Å². The van der Waals surface area contributed by atoms with Gasteiger partial charge in [0.15, 0.2) is 5.76 Å². The molecule has 2 aromatic heterocycles. The maximum Gasteiger partial charge on any atom is 0.289 e. The fraction of sp³-hybridized carbons (Fsp3) is 0.412. The Balaban J connectivity index is 1.50. The number of furan rings is 1. The highest BCUT2D eigenvalue weighted by atomic mass is 32.1. The van der Waals surface area contributed by atoms with Gasteiger partial charge in [-0.1, -0.05) is 6.07 Å². The number of piperidine rings is 1. The largest absolute Gasteiger partial charge is 0.459 e. The molecule has 3 heterocycles. The van der Waals surface area contributed by atoms with Crippen LogP contribution in [0.25, 0.3) is 0 Å². The van der Waals surface area contributed by atoms with Crippen LogP contribution in [0.15, 0.2) is 40.3 Å². The van der Waals surface area contributed by atoms with Crippen molar-refractivity contribution in [2.75, 3.05) is 13.1 Å². The molecule has 0 spiro atoms. The summed E-state index contributed by atoms with van der Waals surface area (Å²) in [5.41, 5.74) is 0. The molecule has 5 nitrogen and oxygen atoms in total. The standard InChI is InChI=1S/C17H20N2O3S/c1-12(15-5-3-11-23-15)18-16(20)13-6-8-19(9-7-13)17(21)14-4-2-10-22-14/h2-5,10-13H,6-9H2,1H3,(H,18,20). The fourth-order valence-corrected chi connectivity index (χ4v) is 3.58. The minimum Gasteiger partial charge on any atom is -0.459 e. The summed E-state index contributed by atoms with van der Waals surface area (Å²) in [7, 11) is 0. The van der Waals surface area contributed by atoms with Gasteiger partial charge >= 0.3 is 0 Å². The van der Waals surface area contributed by atoms with E-state index in [2.05, 4.69) is 5.32 Å². The Hall–Kier alpha value is -2.08. The van der Waals surface area contributed by atoms with Crippen LogP contribution in [-0.2, 0) is 4.79 Å². The molecule has 0 saturated carbocycles. The molecule has 23 heavy (non-hydrogen) atoms. The topological polar surface area (TPSA) is 62.6 Å². The van der Waals surface area contributed by atoms with Gasteiger partial charge in [0.25, 0.3) is 5.91 Å². The van der Waals surface area contributed by atoms with Gasteiger partial charge in [0.2, 0.25) is 5.91 Å². The molecule has 2 amide bonds. The van der Waals surface area contributed by atoms with Crippen molar-refractivity contribution >= 4 is 23.2 Å². The Morgan fingerprint density at radius 2 is 2.09 bits per heavy atom. The fourth-order valence-electron chi connectivity index (χ4n) is 2.84. The van der Waals surface area contributed by atoms with Crippen molar-refractivity contribution in [3.63, 3.8) is 0 Å². The molecule has 1 atom stereocenters. The molecule has 1 saturated heterocycles. The van der Waals surface area contributed by atoms with Gasteiger partial charge in [-0.3, -0.25) is 9.59 Å². The second kappa shape index (κ2) is 7.00. The second-order valence-corrected chi connectivity index (χ2v) is 6.77. The Morgan fingerprint density at radius 1 is 1.30 bits per heavy atom. The monoisotopic (exact) mass is 332 g/mol. The van der Waals surface area contributed by atoms with Crippen molar-refractivity contribution in [3.05, 3.63) is 46.5 Å². The summed E-state index contributed by atoms with van der Waals surface area (Å²) in [6.07, 6.45) is 2.88. The van der Waals surface area contributed by atoms with Gasteiger partial charge in [-0.2, -0.15) is 0 Å². The number of rotatable bonds is 4. The molecule has 1 aliphatic rings. The Bertz CT molecular complexity index is 643. The molecule has 0 aliphatic carbocycles. The van der Waals surface area contributed by atoms with Crippen LogP contribution in [-0.4, -0.2) is 29.8 Å². The molecule has 0 radical (unpaired) electrons. The highest BCUT2D eigenvalue weighted by Gasteiger charge is 2.29. The van der Waals surface area contributed by atoms with Crippen molar-refractivity contribution in [1.82, 2.24) is 10.2 Å². The van der Waals surface area contributed by atoms with Crippen LogP contribution in [0, 0.1) is 5.92 Å². The molecular weight excluding hydrogens is 312 g/mol. The summed E-state index contributed by atoms with van der Waals surface area (Å²) < 4.78 is 5.15. The minimum absolute atomic E-state index is 0.0296. The first kappa shape index (κ1) is 15.8. The molecule has 1 aliphatic heterocycles. The first-order valence-corrected chi connectivity index (χ1v) is 8.69. The molecular formula is C17H20N2O3S. The first-order chi connectivity index (χ1) is 11.1. The van der Waals surface area contributed by atoms with Crippen LogP contribution in [0.4, 0.5) is 0 Å². The minimum atomic E-state index is -0.0965. The molecule has 2 aromatic rings. The molecule has 1 fully saturated rings. The number of amides is 2. The van der Waals surface area contributed by atoms with Crippen molar-refractivity contribution in [3.8, 4) is 0 Å². The number of hydrogen-bond acceptors (Lipinski definition) is 4. The number of carbonyl (C=O) groups is 2. The average molecular weight is 332 g/mol. The van der Waals surface area contributed by atoms with Crippen molar-refractivity contribution in [2.45, 2.75) is 25.8 Å². The number of nitrogens with zero attached hydrogens (tertiary/aromatic N) is 1. The van der Waals surface area contributed by atoms with Gasteiger partial charge in [0.05, 0.1) is 12.3 Å². The third-order valence-electron chi connectivity index (χ3n) is 4.21. The van der Waals surface area contributed by atoms with Crippen LogP contribution in [0.3, 0.4) is 0 Å². The van der Waals surface area contributed by atoms with E-state index < -0.39 is 0 Å². The first-order valence-electron chi connectivity index (χ1n) is 7.81. The SMILES string of the molecule is CC(NC(=O)C1CCN(C(=O)c2ccco2)CC1)c1cccs1. The smallest absolute Gasteiger partial charge is 0.289 e. The number of thiophene rings is 1. The second-order valence-electron chi connectivity index (χ2n) is 5.79. The van der Waals surface area contributed by atoms with Crippen LogP contribution in [0.2, 0.25) is 0 Å². The number of likely N-dealkylation sites (tertiary alicyclic amines) is 1. The van der Waals surface area contributed by atoms with Gasteiger partial charge in [-0.25, -0.2) is 0 Å². The van der Waals surface area contributed by atoms with Gasteiger partial charge in [-0.05, 0) is 43.3 Å². The number of hydrogen-bond donors (Lipinski definition) is 1. The molecule has 1 unspecified atom stereocenters. The maximum absolute atomic E-state index is 12.4. The lowest BCUT2D eigenvalue weighted by atomic mass is 9.95. The summed E-state index contributed by atoms with van der Waals surface area (Å²) in [6.45, 7) is 3.18. The van der Waals surface area contributed by atoms with Gasteiger partial charge in [0, 0.05) is 23.9 Å². The Labute approximate surface area is 139 Å². The predicted octanol–water partition coefficient (Wildman–Crippen LogP) is 3.07. The van der Waals surface area contributed by atoms with Crippen LogP contribution < -0.4 is 5.32 Å². The van der Waals surface area contributed by atoms with E-state index in [0.29, 0.717) is 31.7 Å². The van der Waals surface area contributed by atoms with Crippen LogP contribution in [0.5, 0.6) is 0 Å². The highest BCUT2D eigenvalue weighted by Crippen LogP contribution is 2.22. The normalized spacial score (nSPS) is 17.0. The average Bonchev–Trinajstić information content (AvgIpc) is 3.27. The van der Waals surface area contributed by atoms with E-state index in [9.17, 15) is 9.59 Å². The van der Waals surface area contributed by atoms with Crippen LogP contribution in [0.1, 0.15) is 41.2 Å². The van der Waals surface area contributed by atoms with E-state index in [0.717, 1.165) is 4.88 Å². The third-order valence-corrected chi connectivity index (χ3v) is 5.27. The lowest BCUT2D eigenvalue weighted by molar-refractivity contribution is -0.126. The van der Waals surface area contributed by atoms with Crippen molar-refractivity contribution in [2.24, 2.45) is 5.92 Å². The van der Waals surface area contributed by atoms with Crippen molar-refractivity contribution in [1.29, 1.82) is 0 Å². The Morgan fingerprint density at radius 3 is 2.70 bits per heavy atom. The zero-order chi connectivity index (χ0) is 16.2. The third kappa shape index (κ3) is 3.64. The summed E-state index contributed by atoms with van der Waals surface area (Å²) >= 11 is 1.64. The molecule has 1 N–H and O–H groups in total.